The Bertz CT molecular complexity index is 908. The molecule has 1 saturated heterocycles. The average Bonchev–Trinajstić information content (AvgIpc) is 2.98. The Labute approximate surface area is 170 Å². The van der Waals surface area contributed by atoms with E-state index < -0.39 is 5.97 Å². The summed E-state index contributed by atoms with van der Waals surface area (Å²) in [6.45, 7) is 3.44. The molecule has 3 rings (SSSR count). The van der Waals surface area contributed by atoms with Gasteiger partial charge in [0.15, 0.2) is 0 Å². The Morgan fingerprint density at radius 2 is 1.62 bits per heavy atom. The minimum absolute atomic E-state index is 0.0555. The van der Waals surface area contributed by atoms with Crippen LogP contribution in [0.15, 0.2) is 60.7 Å². The van der Waals surface area contributed by atoms with Crippen LogP contribution in [0, 0.1) is 0 Å². The van der Waals surface area contributed by atoms with Gasteiger partial charge in [-0.1, -0.05) is 36.4 Å². The number of carbonyl (C=O) groups is 3. The second kappa shape index (κ2) is 9.68. The molecular formula is C23H24N2O4. The summed E-state index contributed by atoms with van der Waals surface area (Å²) in [7, 11) is 0. The van der Waals surface area contributed by atoms with Crippen molar-refractivity contribution in [2.45, 2.75) is 13.3 Å². The van der Waals surface area contributed by atoms with Crippen molar-refractivity contribution >= 4 is 23.9 Å². The average molecular weight is 392 g/mol. The zero-order valence-corrected chi connectivity index (χ0v) is 16.4. The summed E-state index contributed by atoms with van der Waals surface area (Å²) < 4.78 is 5.06. The van der Waals surface area contributed by atoms with Crippen LogP contribution < -0.4 is 4.74 Å². The third kappa shape index (κ3) is 5.78. The molecule has 2 aromatic rings. The summed E-state index contributed by atoms with van der Waals surface area (Å²) in [6.07, 6.45) is 4.09. The van der Waals surface area contributed by atoms with Crippen molar-refractivity contribution in [1.29, 1.82) is 0 Å². The Balaban J connectivity index is 1.60. The van der Waals surface area contributed by atoms with Crippen molar-refractivity contribution in [3.63, 3.8) is 0 Å². The molecule has 6 nitrogen and oxygen atoms in total. The minimum atomic E-state index is -0.429. The molecule has 0 saturated carbocycles. The molecule has 0 atom stereocenters. The number of hydrogen-bond acceptors (Lipinski definition) is 4. The van der Waals surface area contributed by atoms with E-state index in [0.29, 0.717) is 43.9 Å². The summed E-state index contributed by atoms with van der Waals surface area (Å²) in [5, 5.41) is 0. The molecule has 0 bridgehead atoms. The fourth-order valence-corrected chi connectivity index (χ4v) is 3.22. The zero-order chi connectivity index (χ0) is 20.6. The molecular weight excluding hydrogens is 368 g/mol. The molecule has 1 heterocycles. The highest BCUT2D eigenvalue weighted by molar-refractivity contribution is 5.95. The number of nitrogens with zero attached hydrogens (tertiary/aromatic N) is 2. The van der Waals surface area contributed by atoms with Crippen LogP contribution in [0.4, 0.5) is 0 Å². The number of rotatable bonds is 4. The molecule has 0 spiro atoms. The molecule has 29 heavy (non-hydrogen) atoms. The first-order chi connectivity index (χ1) is 14.0. The molecule has 2 aromatic carbocycles. The lowest BCUT2D eigenvalue weighted by Crippen LogP contribution is -2.36. The maximum atomic E-state index is 12.8. The van der Waals surface area contributed by atoms with Gasteiger partial charge in [-0.15, -0.1) is 0 Å². The van der Waals surface area contributed by atoms with Gasteiger partial charge in [0, 0.05) is 44.7 Å². The molecule has 0 N–H and O–H groups in total. The Morgan fingerprint density at radius 3 is 2.38 bits per heavy atom. The van der Waals surface area contributed by atoms with Crippen LogP contribution in [0.1, 0.15) is 29.3 Å². The highest BCUT2D eigenvalue weighted by Gasteiger charge is 2.22. The van der Waals surface area contributed by atoms with E-state index in [1.807, 2.05) is 30.3 Å². The van der Waals surface area contributed by atoms with Crippen LogP contribution in [0.5, 0.6) is 5.75 Å². The van der Waals surface area contributed by atoms with Gasteiger partial charge in [0.2, 0.25) is 5.91 Å². The molecule has 0 unspecified atom stereocenters. The van der Waals surface area contributed by atoms with Crippen molar-refractivity contribution < 1.29 is 19.1 Å². The van der Waals surface area contributed by atoms with E-state index in [2.05, 4.69) is 0 Å². The molecule has 1 fully saturated rings. The molecule has 0 radical (unpaired) electrons. The summed E-state index contributed by atoms with van der Waals surface area (Å²) in [4.78, 5) is 40.0. The largest absolute Gasteiger partial charge is 0.427 e. The van der Waals surface area contributed by atoms with Gasteiger partial charge >= 0.3 is 5.97 Å². The highest BCUT2D eigenvalue weighted by atomic mass is 16.5. The third-order valence-corrected chi connectivity index (χ3v) is 4.66. The Morgan fingerprint density at radius 1 is 0.897 bits per heavy atom. The minimum Gasteiger partial charge on any atom is -0.427 e. The molecule has 150 valence electrons. The van der Waals surface area contributed by atoms with Gasteiger partial charge in [-0.25, -0.2) is 0 Å². The molecule has 6 heteroatoms. The SMILES string of the molecule is CC(=O)Oc1cccc(C(=O)N2CCCN(C(=O)/C=C/c3ccccc3)CC2)c1. The van der Waals surface area contributed by atoms with Crippen molar-refractivity contribution in [3.8, 4) is 5.75 Å². The lowest BCUT2D eigenvalue weighted by Gasteiger charge is -2.21. The van der Waals surface area contributed by atoms with Crippen LogP contribution in [0.2, 0.25) is 0 Å². The van der Waals surface area contributed by atoms with Gasteiger partial charge in [-0.05, 0) is 36.3 Å². The lowest BCUT2D eigenvalue weighted by atomic mass is 10.2. The number of carbonyl (C=O) groups excluding carboxylic acids is 3. The number of hydrogen-bond donors (Lipinski definition) is 0. The van der Waals surface area contributed by atoms with E-state index in [-0.39, 0.29) is 11.8 Å². The first-order valence-corrected chi connectivity index (χ1v) is 9.63. The lowest BCUT2D eigenvalue weighted by molar-refractivity contribution is -0.132. The summed E-state index contributed by atoms with van der Waals surface area (Å²) >= 11 is 0. The van der Waals surface area contributed by atoms with Crippen LogP contribution in [0.25, 0.3) is 6.08 Å². The second-order valence-corrected chi connectivity index (χ2v) is 6.84. The number of benzene rings is 2. The van der Waals surface area contributed by atoms with Gasteiger partial charge in [0.1, 0.15) is 5.75 Å². The quantitative estimate of drug-likeness (QED) is 0.456. The topological polar surface area (TPSA) is 66.9 Å². The third-order valence-electron chi connectivity index (χ3n) is 4.66. The molecule has 1 aliphatic heterocycles. The van der Waals surface area contributed by atoms with Gasteiger partial charge in [-0.2, -0.15) is 0 Å². The fraction of sp³-hybridized carbons (Fsp3) is 0.261. The summed E-state index contributed by atoms with van der Waals surface area (Å²) in [5.74, 6) is -0.267. The Kier molecular flexibility index (Phi) is 6.79. The van der Waals surface area contributed by atoms with E-state index in [4.69, 9.17) is 4.74 Å². The zero-order valence-electron chi connectivity index (χ0n) is 16.4. The maximum Gasteiger partial charge on any atom is 0.308 e. The number of esters is 1. The van der Waals surface area contributed by atoms with Gasteiger partial charge in [0.25, 0.3) is 5.91 Å². The van der Waals surface area contributed by atoms with E-state index in [9.17, 15) is 14.4 Å². The van der Waals surface area contributed by atoms with E-state index in [0.717, 1.165) is 5.56 Å². The maximum absolute atomic E-state index is 12.8. The van der Waals surface area contributed by atoms with Crippen molar-refractivity contribution in [2.75, 3.05) is 26.2 Å². The molecule has 0 aromatic heterocycles. The summed E-state index contributed by atoms with van der Waals surface area (Å²) in [6, 6.07) is 16.3. The monoisotopic (exact) mass is 392 g/mol. The van der Waals surface area contributed by atoms with Gasteiger partial charge in [-0.3, -0.25) is 14.4 Å². The fourth-order valence-electron chi connectivity index (χ4n) is 3.22. The van der Waals surface area contributed by atoms with Crippen molar-refractivity contribution in [3.05, 3.63) is 71.8 Å². The Hall–Kier alpha value is -3.41. The number of ether oxygens (including phenoxy) is 1. The van der Waals surface area contributed by atoms with E-state index >= 15 is 0 Å². The smallest absolute Gasteiger partial charge is 0.308 e. The molecule has 0 aliphatic carbocycles. The molecule has 1 aliphatic rings. The second-order valence-electron chi connectivity index (χ2n) is 6.84. The van der Waals surface area contributed by atoms with Gasteiger partial charge < -0.3 is 14.5 Å². The predicted octanol–water partition coefficient (Wildman–Crippen LogP) is 3.00. The van der Waals surface area contributed by atoms with Gasteiger partial charge in [0.05, 0.1) is 0 Å². The highest BCUT2D eigenvalue weighted by Crippen LogP contribution is 2.16. The first kappa shape index (κ1) is 20.3. The first-order valence-electron chi connectivity index (χ1n) is 9.63. The van der Waals surface area contributed by atoms with Crippen LogP contribution in [-0.4, -0.2) is 53.8 Å². The van der Waals surface area contributed by atoms with Crippen LogP contribution in [0.3, 0.4) is 0 Å². The van der Waals surface area contributed by atoms with E-state index in [1.165, 1.54) is 6.92 Å². The number of amides is 2. The standard InChI is InChI=1S/C23H24N2O4/c1-18(26)29-21-10-5-9-20(17-21)23(28)25-14-6-13-24(15-16-25)22(27)12-11-19-7-3-2-4-8-19/h2-5,7-12,17H,6,13-16H2,1H3/b12-11+. The van der Waals surface area contributed by atoms with Crippen molar-refractivity contribution in [1.82, 2.24) is 9.80 Å². The van der Waals surface area contributed by atoms with E-state index in [1.54, 1.807) is 46.2 Å². The van der Waals surface area contributed by atoms with Crippen LogP contribution in [-0.2, 0) is 9.59 Å². The van der Waals surface area contributed by atoms with Crippen LogP contribution >= 0.6 is 0 Å². The predicted molar refractivity (Wildman–Crippen MR) is 110 cm³/mol. The molecule has 2 amide bonds. The van der Waals surface area contributed by atoms with Crippen molar-refractivity contribution in [2.24, 2.45) is 0 Å². The summed E-state index contributed by atoms with van der Waals surface area (Å²) in [5.41, 5.74) is 1.44. The normalized spacial score (nSPS) is 14.5.